The third-order valence-corrected chi connectivity index (χ3v) is 5.01. The van der Waals surface area contributed by atoms with E-state index < -0.39 is 0 Å². The van der Waals surface area contributed by atoms with Crippen LogP contribution in [0.15, 0.2) is 60.8 Å². The predicted molar refractivity (Wildman–Crippen MR) is 106 cm³/mol. The standard InChI is InChI=1S/C22H18N2O2/c1-24-19-10-6-4-7-15(19)17-11-14-12-23-18-9-5-3-8-16(18)20(14)22(21(17)24)26-13-25-2/h3-12H,13H2,1-2H3. The Labute approximate surface area is 150 Å². The summed E-state index contributed by atoms with van der Waals surface area (Å²) in [7, 11) is 3.73. The third-order valence-electron chi connectivity index (χ3n) is 5.01. The molecule has 4 heteroatoms. The highest BCUT2D eigenvalue weighted by Crippen LogP contribution is 2.42. The lowest BCUT2D eigenvalue weighted by atomic mass is 10.0. The fraction of sp³-hybridized carbons (Fsp3) is 0.136. The maximum absolute atomic E-state index is 6.13. The second-order valence-corrected chi connectivity index (χ2v) is 6.47. The molecule has 0 spiro atoms. The minimum absolute atomic E-state index is 0.201. The first-order valence-corrected chi connectivity index (χ1v) is 8.59. The lowest BCUT2D eigenvalue weighted by Crippen LogP contribution is -2.02. The Morgan fingerprint density at radius 2 is 1.73 bits per heavy atom. The number of pyridine rings is 1. The highest BCUT2D eigenvalue weighted by Gasteiger charge is 2.18. The van der Waals surface area contributed by atoms with Crippen LogP contribution in [0.1, 0.15) is 0 Å². The Bertz CT molecular complexity index is 1290. The molecule has 0 radical (unpaired) electrons. The van der Waals surface area contributed by atoms with Gasteiger partial charge >= 0.3 is 0 Å². The highest BCUT2D eigenvalue weighted by molar-refractivity contribution is 6.21. The number of benzene rings is 3. The molecule has 3 aromatic carbocycles. The fourth-order valence-electron chi connectivity index (χ4n) is 3.90. The number of aryl methyl sites for hydroxylation is 1. The Kier molecular flexibility index (Phi) is 3.33. The van der Waals surface area contributed by atoms with Gasteiger partial charge in [0.2, 0.25) is 0 Å². The number of rotatable bonds is 3. The maximum atomic E-state index is 6.13. The van der Waals surface area contributed by atoms with Crippen molar-refractivity contribution in [3.63, 3.8) is 0 Å². The summed E-state index contributed by atoms with van der Waals surface area (Å²) >= 11 is 0. The van der Waals surface area contributed by atoms with Gasteiger partial charge in [0.05, 0.1) is 11.0 Å². The van der Waals surface area contributed by atoms with Crippen LogP contribution in [-0.2, 0) is 11.8 Å². The van der Waals surface area contributed by atoms with Crippen molar-refractivity contribution in [2.75, 3.05) is 13.9 Å². The van der Waals surface area contributed by atoms with Gasteiger partial charge in [-0.05, 0) is 18.2 Å². The fourth-order valence-corrected chi connectivity index (χ4v) is 3.90. The Balaban J connectivity index is 2.05. The summed E-state index contributed by atoms with van der Waals surface area (Å²) < 4.78 is 13.6. The number of ether oxygens (including phenoxy) is 2. The van der Waals surface area contributed by atoms with Gasteiger partial charge in [-0.25, -0.2) is 0 Å². The Morgan fingerprint density at radius 3 is 2.58 bits per heavy atom. The molecule has 0 fully saturated rings. The van der Waals surface area contributed by atoms with Crippen molar-refractivity contribution in [3.8, 4) is 5.75 Å². The van der Waals surface area contributed by atoms with Crippen molar-refractivity contribution in [1.82, 2.24) is 9.55 Å². The largest absolute Gasteiger partial charge is 0.465 e. The van der Waals surface area contributed by atoms with Gasteiger partial charge in [-0.2, -0.15) is 0 Å². The van der Waals surface area contributed by atoms with Gasteiger partial charge in [0, 0.05) is 52.8 Å². The number of nitrogens with zero attached hydrogens (tertiary/aromatic N) is 2. The SMILES string of the molecule is COCOc1c2c(cnc3ccccc32)cc2c3ccccc3n(C)c12. The van der Waals surface area contributed by atoms with Crippen molar-refractivity contribution in [3.05, 3.63) is 60.8 Å². The molecule has 2 heterocycles. The van der Waals surface area contributed by atoms with Crippen LogP contribution in [0.2, 0.25) is 0 Å². The average Bonchev–Trinajstić information content (AvgIpc) is 2.98. The summed E-state index contributed by atoms with van der Waals surface area (Å²) in [5.41, 5.74) is 3.21. The van der Waals surface area contributed by atoms with Gasteiger partial charge in [-0.1, -0.05) is 36.4 Å². The molecular formula is C22H18N2O2. The van der Waals surface area contributed by atoms with E-state index in [-0.39, 0.29) is 6.79 Å². The summed E-state index contributed by atoms with van der Waals surface area (Å²) in [5.74, 6) is 0.844. The van der Waals surface area contributed by atoms with Crippen LogP contribution < -0.4 is 4.74 Å². The van der Waals surface area contributed by atoms with E-state index in [0.717, 1.165) is 32.9 Å². The lowest BCUT2D eigenvalue weighted by Gasteiger charge is -2.13. The third kappa shape index (κ3) is 2.02. The topological polar surface area (TPSA) is 36.3 Å². The van der Waals surface area contributed by atoms with Crippen molar-refractivity contribution >= 4 is 43.5 Å². The summed E-state index contributed by atoms with van der Waals surface area (Å²) in [4.78, 5) is 4.63. The summed E-state index contributed by atoms with van der Waals surface area (Å²) in [5, 5.41) is 5.61. The monoisotopic (exact) mass is 342 g/mol. The molecule has 0 aliphatic rings. The van der Waals surface area contributed by atoms with E-state index in [1.807, 2.05) is 24.4 Å². The molecule has 0 amide bonds. The molecule has 0 aliphatic heterocycles. The molecule has 5 aromatic rings. The molecule has 0 bridgehead atoms. The molecule has 0 unspecified atom stereocenters. The van der Waals surface area contributed by atoms with Crippen LogP contribution in [0.25, 0.3) is 43.5 Å². The molecule has 2 aromatic heterocycles. The first-order valence-electron chi connectivity index (χ1n) is 8.59. The number of aromatic nitrogens is 2. The molecule has 128 valence electrons. The second-order valence-electron chi connectivity index (χ2n) is 6.47. The van der Waals surface area contributed by atoms with Crippen LogP contribution in [0, 0.1) is 0 Å². The van der Waals surface area contributed by atoms with Crippen LogP contribution in [-0.4, -0.2) is 23.5 Å². The van der Waals surface area contributed by atoms with Crippen LogP contribution in [0.4, 0.5) is 0 Å². The van der Waals surface area contributed by atoms with Crippen LogP contribution >= 0.6 is 0 Å². The van der Waals surface area contributed by atoms with Gasteiger partial charge in [0.25, 0.3) is 0 Å². The van der Waals surface area contributed by atoms with E-state index in [2.05, 4.69) is 53.0 Å². The number of para-hydroxylation sites is 2. The van der Waals surface area contributed by atoms with Crippen LogP contribution in [0.5, 0.6) is 5.75 Å². The Morgan fingerprint density at radius 1 is 0.962 bits per heavy atom. The Hall–Kier alpha value is -3.11. The maximum Gasteiger partial charge on any atom is 0.188 e. The smallest absolute Gasteiger partial charge is 0.188 e. The quantitative estimate of drug-likeness (QED) is 0.341. The van der Waals surface area contributed by atoms with Gasteiger partial charge in [-0.3, -0.25) is 4.98 Å². The highest BCUT2D eigenvalue weighted by atomic mass is 16.7. The van der Waals surface area contributed by atoms with E-state index in [9.17, 15) is 0 Å². The molecule has 5 rings (SSSR count). The second kappa shape index (κ2) is 5.71. The van der Waals surface area contributed by atoms with Crippen molar-refractivity contribution in [1.29, 1.82) is 0 Å². The molecule has 26 heavy (non-hydrogen) atoms. The first-order chi connectivity index (χ1) is 12.8. The average molecular weight is 342 g/mol. The summed E-state index contributed by atoms with van der Waals surface area (Å²) in [6, 6.07) is 18.8. The molecule has 0 atom stereocenters. The van der Waals surface area contributed by atoms with Gasteiger partial charge in [0.1, 0.15) is 0 Å². The normalized spacial score (nSPS) is 11.8. The molecular weight excluding hydrogens is 324 g/mol. The zero-order valence-electron chi connectivity index (χ0n) is 14.7. The van der Waals surface area contributed by atoms with E-state index in [4.69, 9.17) is 9.47 Å². The van der Waals surface area contributed by atoms with Crippen molar-refractivity contribution in [2.24, 2.45) is 7.05 Å². The lowest BCUT2D eigenvalue weighted by molar-refractivity contribution is 0.0531. The van der Waals surface area contributed by atoms with Crippen molar-refractivity contribution < 1.29 is 9.47 Å². The number of methoxy groups -OCH3 is 1. The van der Waals surface area contributed by atoms with E-state index in [1.165, 1.54) is 16.3 Å². The predicted octanol–water partition coefficient (Wildman–Crippen LogP) is 5.02. The summed E-state index contributed by atoms with van der Waals surface area (Å²) in [6.45, 7) is 0.201. The van der Waals surface area contributed by atoms with E-state index in [0.29, 0.717) is 0 Å². The molecule has 0 saturated carbocycles. The first kappa shape index (κ1) is 15.2. The van der Waals surface area contributed by atoms with E-state index >= 15 is 0 Å². The van der Waals surface area contributed by atoms with Gasteiger partial charge in [0.15, 0.2) is 12.5 Å². The summed E-state index contributed by atoms with van der Waals surface area (Å²) in [6.07, 6.45) is 1.93. The minimum atomic E-state index is 0.201. The van der Waals surface area contributed by atoms with Crippen molar-refractivity contribution in [2.45, 2.75) is 0 Å². The minimum Gasteiger partial charge on any atom is -0.465 e. The van der Waals surface area contributed by atoms with Gasteiger partial charge < -0.3 is 14.0 Å². The zero-order valence-corrected chi connectivity index (χ0v) is 14.7. The van der Waals surface area contributed by atoms with Crippen LogP contribution in [0.3, 0.4) is 0 Å². The number of hydrogen-bond acceptors (Lipinski definition) is 3. The molecule has 0 aliphatic carbocycles. The number of fused-ring (bicyclic) bond motifs is 6. The zero-order chi connectivity index (χ0) is 17.7. The molecule has 4 nitrogen and oxygen atoms in total. The molecule has 0 N–H and O–H groups in total. The molecule has 0 saturated heterocycles. The number of hydrogen-bond donors (Lipinski definition) is 0. The van der Waals surface area contributed by atoms with Gasteiger partial charge in [-0.15, -0.1) is 0 Å². The van der Waals surface area contributed by atoms with E-state index in [1.54, 1.807) is 7.11 Å².